The molecule has 1 fully saturated rings. The first kappa shape index (κ1) is 10.8. The minimum Gasteiger partial charge on any atom is -0.302 e. The first-order valence-electron chi connectivity index (χ1n) is 4.35. The molecule has 1 aliphatic heterocycles. The molecule has 0 atom stereocenters. The third-order valence-corrected chi connectivity index (χ3v) is 2.29. The molecule has 0 aliphatic carbocycles. The van der Waals surface area contributed by atoms with Crippen molar-refractivity contribution in [1.29, 1.82) is 0 Å². The number of carbonyl (C=O) groups is 2. The van der Waals surface area contributed by atoms with E-state index in [-0.39, 0.29) is 16.9 Å². The molecule has 0 saturated carbocycles. The molecule has 1 rings (SSSR count). The van der Waals surface area contributed by atoms with Crippen molar-refractivity contribution in [2.45, 2.75) is 20.3 Å². The summed E-state index contributed by atoms with van der Waals surface area (Å²) in [6.07, 6.45) is 4.16. The highest BCUT2D eigenvalue weighted by Gasteiger charge is 2.42. The summed E-state index contributed by atoms with van der Waals surface area (Å²) in [5.41, 5.74) is -1.14. The van der Waals surface area contributed by atoms with Gasteiger partial charge in [-0.15, -0.1) is 0 Å². The van der Waals surface area contributed by atoms with Crippen molar-refractivity contribution >= 4 is 29.1 Å². The van der Waals surface area contributed by atoms with Gasteiger partial charge in [0.25, 0.3) is 0 Å². The summed E-state index contributed by atoms with van der Waals surface area (Å²) >= 11 is 4.69. The lowest BCUT2D eigenvalue weighted by molar-refractivity contribution is -0.139. The van der Waals surface area contributed by atoms with Crippen molar-refractivity contribution in [2.24, 2.45) is 5.41 Å². The number of nitrogens with one attached hydrogen (secondary N) is 2. The van der Waals surface area contributed by atoms with Crippen LogP contribution in [0.1, 0.15) is 20.3 Å². The van der Waals surface area contributed by atoms with E-state index in [9.17, 15) is 9.59 Å². The third-order valence-electron chi connectivity index (χ3n) is 2.08. The Morgan fingerprint density at radius 1 is 1.36 bits per heavy atom. The monoisotopic (exact) mass is 212 g/mol. The van der Waals surface area contributed by atoms with Crippen LogP contribution in [-0.4, -0.2) is 16.9 Å². The molecule has 0 aromatic rings. The Labute approximate surface area is 87.7 Å². The number of hydrogen-bond donors (Lipinski definition) is 2. The standard InChI is InChI=1S/C9H12N2O2S/c1-3-4-5-9(2)6(12)10-8(14)11-7(9)13/h4-5H,3H2,1-2H3,(H2,10,11,12,13,14)/b5-4-. The van der Waals surface area contributed by atoms with Gasteiger partial charge in [-0.1, -0.05) is 19.1 Å². The number of allylic oxidation sites excluding steroid dienone is 1. The smallest absolute Gasteiger partial charge is 0.245 e. The van der Waals surface area contributed by atoms with E-state index in [1.807, 2.05) is 6.92 Å². The van der Waals surface area contributed by atoms with Crippen molar-refractivity contribution in [3.05, 3.63) is 12.2 Å². The number of carbonyl (C=O) groups excluding carboxylic acids is 2. The fraction of sp³-hybridized carbons (Fsp3) is 0.444. The van der Waals surface area contributed by atoms with E-state index in [2.05, 4.69) is 22.9 Å². The van der Waals surface area contributed by atoms with Gasteiger partial charge in [0, 0.05) is 0 Å². The van der Waals surface area contributed by atoms with Gasteiger partial charge in [0.1, 0.15) is 5.41 Å². The summed E-state index contributed by atoms with van der Waals surface area (Å²) in [4.78, 5) is 23.1. The van der Waals surface area contributed by atoms with Crippen LogP contribution in [0.15, 0.2) is 12.2 Å². The second-order valence-corrected chi connectivity index (χ2v) is 3.66. The predicted octanol–water partition coefficient (Wildman–Crippen LogP) is 0.490. The molecule has 5 heteroatoms. The highest BCUT2D eigenvalue weighted by Crippen LogP contribution is 2.21. The molecule has 1 heterocycles. The molecule has 2 N–H and O–H groups in total. The molecule has 0 spiro atoms. The van der Waals surface area contributed by atoms with Gasteiger partial charge in [-0.3, -0.25) is 9.59 Å². The normalized spacial score (nSPS) is 20.9. The predicted molar refractivity (Wildman–Crippen MR) is 56.4 cm³/mol. The second kappa shape index (κ2) is 3.88. The first-order valence-corrected chi connectivity index (χ1v) is 4.76. The van der Waals surface area contributed by atoms with Crippen molar-refractivity contribution in [3.8, 4) is 0 Å². The number of thiocarbonyl (C=S) groups is 1. The van der Waals surface area contributed by atoms with Crippen LogP contribution in [0, 0.1) is 5.41 Å². The maximum absolute atomic E-state index is 11.5. The summed E-state index contributed by atoms with van der Waals surface area (Å²) in [6, 6.07) is 0. The molecule has 76 valence electrons. The van der Waals surface area contributed by atoms with E-state index in [0.29, 0.717) is 0 Å². The van der Waals surface area contributed by atoms with Crippen molar-refractivity contribution in [2.75, 3.05) is 0 Å². The summed E-state index contributed by atoms with van der Waals surface area (Å²) in [7, 11) is 0. The third kappa shape index (κ3) is 1.82. The zero-order valence-electron chi connectivity index (χ0n) is 8.09. The lowest BCUT2D eigenvalue weighted by Crippen LogP contribution is -2.60. The molecule has 1 saturated heterocycles. The molecular weight excluding hydrogens is 200 g/mol. The quantitative estimate of drug-likeness (QED) is 0.398. The fourth-order valence-electron chi connectivity index (χ4n) is 1.11. The number of amides is 2. The number of rotatable bonds is 2. The first-order chi connectivity index (χ1) is 6.50. The minimum atomic E-state index is -1.14. The topological polar surface area (TPSA) is 58.2 Å². The van der Waals surface area contributed by atoms with Gasteiger partial charge >= 0.3 is 0 Å². The second-order valence-electron chi connectivity index (χ2n) is 3.25. The average molecular weight is 212 g/mol. The summed E-state index contributed by atoms with van der Waals surface area (Å²) in [5, 5.41) is 4.91. The molecular formula is C9H12N2O2S. The maximum Gasteiger partial charge on any atom is 0.245 e. The van der Waals surface area contributed by atoms with Gasteiger partial charge in [0.05, 0.1) is 0 Å². The SMILES string of the molecule is CC/C=C\C1(C)C(=O)NC(=S)NC1=O. The van der Waals surface area contributed by atoms with Crippen LogP contribution in [-0.2, 0) is 9.59 Å². The minimum absolute atomic E-state index is 0.0716. The van der Waals surface area contributed by atoms with E-state index >= 15 is 0 Å². The van der Waals surface area contributed by atoms with E-state index in [0.717, 1.165) is 6.42 Å². The van der Waals surface area contributed by atoms with Crippen LogP contribution in [0.5, 0.6) is 0 Å². The molecule has 4 nitrogen and oxygen atoms in total. The molecule has 0 aromatic carbocycles. The molecule has 0 aromatic heterocycles. The van der Waals surface area contributed by atoms with Gasteiger partial charge in [0.2, 0.25) is 11.8 Å². The van der Waals surface area contributed by atoms with Gasteiger partial charge in [-0.2, -0.15) is 0 Å². The van der Waals surface area contributed by atoms with Crippen LogP contribution in [0.4, 0.5) is 0 Å². The van der Waals surface area contributed by atoms with Crippen LogP contribution >= 0.6 is 12.2 Å². The summed E-state index contributed by atoms with van der Waals surface area (Å²) in [6.45, 7) is 3.49. The van der Waals surface area contributed by atoms with Crippen LogP contribution in [0.2, 0.25) is 0 Å². The Morgan fingerprint density at radius 2 is 1.86 bits per heavy atom. The fourth-order valence-corrected chi connectivity index (χ4v) is 1.29. The Balaban J connectivity index is 2.95. The van der Waals surface area contributed by atoms with E-state index in [1.165, 1.54) is 0 Å². The van der Waals surface area contributed by atoms with E-state index in [1.54, 1.807) is 19.1 Å². The zero-order chi connectivity index (χ0) is 10.8. The highest BCUT2D eigenvalue weighted by atomic mass is 32.1. The summed E-state index contributed by atoms with van der Waals surface area (Å²) < 4.78 is 0. The maximum atomic E-state index is 11.5. The van der Waals surface area contributed by atoms with Gasteiger partial charge < -0.3 is 10.6 Å². The molecule has 0 bridgehead atoms. The Kier molecular flexibility index (Phi) is 3.00. The number of hydrogen-bond acceptors (Lipinski definition) is 3. The van der Waals surface area contributed by atoms with Crippen molar-refractivity contribution in [1.82, 2.24) is 10.6 Å². The largest absolute Gasteiger partial charge is 0.302 e. The zero-order valence-corrected chi connectivity index (χ0v) is 8.90. The van der Waals surface area contributed by atoms with Crippen LogP contribution < -0.4 is 10.6 Å². The Morgan fingerprint density at radius 3 is 2.29 bits per heavy atom. The van der Waals surface area contributed by atoms with Gasteiger partial charge in [-0.25, -0.2) is 0 Å². The van der Waals surface area contributed by atoms with Gasteiger partial charge in [-0.05, 0) is 25.6 Å². The molecule has 14 heavy (non-hydrogen) atoms. The average Bonchev–Trinajstić information content (AvgIpc) is 2.11. The summed E-state index contributed by atoms with van der Waals surface area (Å²) in [5.74, 6) is -0.757. The molecule has 0 unspecified atom stereocenters. The highest BCUT2D eigenvalue weighted by molar-refractivity contribution is 7.80. The van der Waals surface area contributed by atoms with E-state index in [4.69, 9.17) is 0 Å². The van der Waals surface area contributed by atoms with Crippen molar-refractivity contribution in [3.63, 3.8) is 0 Å². The van der Waals surface area contributed by atoms with Gasteiger partial charge in [0.15, 0.2) is 5.11 Å². The van der Waals surface area contributed by atoms with E-state index < -0.39 is 5.41 Å². The lowest BCUT2D eigenvalue weighted by Gasteiger charge is -2.28. The van der Waals surface area contributed by atoms with Crippen LogP contribution in [0.25, 0.3) is 0 Å². The van der Waals surface area contributed by atoms with Crippen molar-refractivity contribution < 1.29 is 9.59 Å². The van der Waals surface area contributed by atoms with Crippen LogP contribution in [0.3, 0.4) is 0 Å². The lowest BCUT2D eigenvalue weighted by atomic mass is 9.86. The molecule has 0 radical (unpaired) electrons. The Bertz CT molecular complexity index is 303. The Hall–Kier alpha value is -1.23. The molecule has 2 amide bonds. The molecule has 1 aliphatic rings.